The Labute approximate surface area is 187 Å². The first kappa shape index (κ1) is 20.1. The smallest absolute Gasteiger partial charge is 0.302 e. The van der Waals surface area contributed by atoms with Gasteiger partial charge in [-0.3, -0.25) is 4.79 Å². The number of ether oxygens (including phenoxy) is 1. The Morgan fingerprint density at radius 1 is 1.03 bits per heavy atom. The van der Waals surface area contributed by atoms with Gasteiger partial charge in [0.15, 0.2) is 5.69 Å². The fourth-order valence-electron chi connectivity index (χ4n) is 3.43. The maximum absolute atomic E-state index is 13.2. The monoisotopic (exact) mass is 446 g/mol. The molecule has 0 spiro atoms. The summed E-state index contributed by atoms with van der Waals surface area (Å²) in [5, 5.41) is 0.603. The molecule has 0 atom stereocenters. The molecule has 5 aromatic rings. The van der Waals surface area contributed by atoms with E-state index in [0.717, 1.165) is 16.0 Å². The van der Waals surface area contributed by atoms with Crippen LogP contribution in [0.25, 0.3) is 16.5 Å². The lowest BCUT2D eigenvalue weighted by atomic mass is 10.1. The van der Waals surface area contributed by atoms with E-state index in [4.69, 9.17) is 9.72 Å². The van der Waals surface area contributed by atoms with Crippen molar-refractivity contribution in [2.24, 2.45) is 7.05 Å². The van der Waals surface area contributed by atoms with Gasteiger partial charge in [-0.15, -0.1) is 11.3 Å². The number of imidazole rings is 1. The standard InChI is InChI=1S/C24H19FN4O2S/c1-28-11-12-29-23(30)21(31-15-17-5-3-2-4-6-17)20(27-24(28)29)22-26-14-19(32-22)13-16-7-9-18(25)10-8-16/h2-12,14H,13,15H2,1H3. The molecule has 0 radical (unpaired) electrons. The van der Waals surface area contributed by atoms with Gasteiger partial charge in [-0.2, -0.15) is 0 Å². The summed E-state index contributed by atoms with van der Waals surface area (Å²) < 4.78 is 22.4. The van der Waals surface area contributed by atoms with Crippen molar-refractivity contribution in [3.05, 3.63) is 105 Å². The molecule has 32 heavy (non-hydrogen) atoms. The van der Waals surface area contributed by atoms with Crippen molar-refractivity contribution in [2.75, 3.05) is 0 Å². The van der Waals surface area contributed by atoms with Crippen LogP contribution in [-0.4, -0.2) is 18.9 Å². The van der Waals surface area contributed by atoms with E-state index in [2.05, 4.69) is 4.98 Å². The summed E-state index contributed by atoms with van der Waals surface area (Å²) in [7, 11) is 1.83. The highest BCUT2D eigenvalue weighted by atomic mass is 32.1. The molecule has 0 aliphatic carbocycles. The van der Waals surface area contributed by atoms with Crippen LogP contribution in [0, 0.1) is 5.82 Å². The van der Waals surface area contributed by atoms with E-state index < -0.39 is 0 Å². The van der Waals surface area contributed by atoms with Gasteiger partial charge in [-0.05, 0) is 23.3 Å². The van der Waals surface area contributed by atoms with Crippen molar-refractivity contribution < 1.29 is 9.13 Å². The van der Waals surface area contributed by atoms with Crippen molar-refractivity contribution in [1.29, 1.82) is 0 Å². The van der Waals surface area contributed by atoms with Crippen LogP contribution < -0.4 is 10.3 Å². The molecular formula is C24H19FN4O2S. The molecule has 8 heteroatoms. The van der Waals surface area contributed by atoms with E-state index in [9.17, 15) is 9.18 Å². The van der Waals surface area contributed by atoms with Gasteiger partial charge >= 0.3 is 5.56 Å². The molecule has 160 valence electrons. The van der Waals surface area contributed by atoms with Gasteiger partial charge in [0.25, 0.3) is 0 Å². The second-order valence-electron chi connectivity index (χ2n) is 7.38. The van der Waals surface area contributed by atoms with Crippen molar-refractivity contribution in [3.8, 4) is 16.5 Å². The molecule has 0 aliphatic heterocycles. The zero-order chi connectivity index (χ0) is 22.1. The Hall–Kier alpha value is -3.78. The highest BCUT2D eigenvalue weighted by molar-refractivity contribution is 7.15. The number of nitrogens with zero attached hydrogens (tertiary/aromatic N) is 4. The summed E-state index contributed by atoms with van der Waals surface area (Å²) in [6.45, 7) is 0.247. The van der Waals surface area contributed by atoms with Gasteiger partial charge in [0.05, 0.1) is 0 Å². The molecule has 0 aliphatic rings. The number of aryl methyl sites for hydroxylation is 1. The number of benzene rings is 2. The van der Waals surface area contributed by atoms with Gasteiger partial charge in [-0.25, -0.2) is 18.8 Å². The second-order valence-corrected chi connectivity index (χ2v) is 8.50. The second kappa shape index (κ2) is 8.39. The minimum Gasteiger partial charge on any atom is -0.481 e. The van der Waals surface area contributed by atoms with Crippen LogP contribution in [-0.2, 0) is 20.1 Å². The lowest BCUT2D eigenvalue weighted by Crippen LogP contribution is -2.19. The molecule has 0 unspecified atom stereocenters. The lowest BCUT2D eigenvalue weighted by Gasteiger charge is -2.10. The van der Waals surface area contributed by atoms with E-state index in [0.29, 0.717) is 22.9 Å². The predicted octanol–water partition coefficient (Wildman–Crippen LogP) is 4.47. The van der Waals surface area contributed by atoms with Gasteiger partial charge in [0.1, 0.15) is 17.4 Å². The molecule has 0 saturated heterocycles. The quantitative estimate of drug-likeness (QED) is 0.386. The van der Waals surface area contributed by atoms with Gasteiger partial charge in [-0.1, -0.05) is 42.5 Å². The number of thiazole rings is 1. The van der Waals surface area contributed by atoms with Crippen molar-refractivity contribution in [3.63, 3.8) is 0 Å². The number of hydrogen-bond donors (Lipinski definition) is 0. The summed E-state index contributed by atoms with van der Waals surface area (Å²) in [4.78, 5) is 23.4. The summed E-state index contributed by atoms with van der Waals surface area (Å²) in [6.07, 6.45) is 5.82. The molecule has 6 nitrogen and oxygen atoms in total. The van der Waals surface area contributed by atoms with Crippen LogP contribution in [0.1, 0.15) is 16.0 Å². The molecule has 3 aromatic heterocycles. The molecule has 5 rings (SSSR count). The number of rotatable bonds is 6. The molecule has 0 amide bonds. The Kier molecular flexibility index (Phi) is 5.28. The third-order valence-electron chi connectivity index (χ3n) is 5.08. The Morgan fingerprint density at radius 3 is 2.59 bits per heavy atom. The number of fused-ring (bicyclic) bond motifs is 1. The third-order valence-corrected chi connectivity index (χ3v) is 6.09. The Balaban J connectivity index is 1.53. The fourth-order valence-corrected chi connectivity index (χ4v) is 4.36. The third kappa shape index (κ3) is 3.92. The van der Waals surface area contributed by atoms with E-state index in [1.54, 1.807) is 35.3 Å². The van der Waals surface area contributed by atoms with Crippen molar-refractivity contribution in [2.45, 2.75) is 13.0 Å². The van der Waals surface area contributed by atoms with E-state index in [1.165, 1.54) is 27.9 Å². The molecule has 0 saturated carbocycles. The van der Waals surface area contributed by atoms with Crippen LogP contribution in [0.3, 0.4) is 0 Å². The van der Waals surface area contributed by atoms with E-state index in [-0.39, 0.29) is 23.7 Å². The Morgan fingerprint density at radius 2 is 1.81 bits per heavy atom. The van der Waals surface area contributed by atoms with Gasteiger partial charge in [0.2, 0.25) is 11.5 Å². The van der Waals surface area contributed by atoms with Crippen LogP contribution in [0.4, 0.5) is 4.39 Å². The number of hydrogen-bond acceptors (Lipinski definition) is 5. The average molecular weight is 447 g/mol. The van der Waals surface area contributed by atoms with Crippen LogP contribution in [0.2, 0.25) is 0 Å². The average Bonchev–Trinajstić information content (AvgIpc) is 3.42. The van der Waals surface area contributed by atoms with Crippen LogP contribution in [0.15, 0.2) is 78.0 Å². The minimum atomic E-state index is -0.281. The van der Waals surface area contributed by atoms with Crippen LogP contribution >= 0.6 is 11.3 Å². The minimum absolute atomic E-state index is 0.167. The zero-order valence-corrected chi connectivity index (χ0v) is 18.1. The summed E-state index contributed by atoms with van der Waals surface area (Å²) >= 11 is 1.44. The maximum atomic E-state index is 13.2. The first-order chi connectivity index (χ1) is 15.6. The maximum Gasteiger partial charge on any atom is 0.302 e. The first-order valence-electron chi connectivity index (χ1n) is 10.0. The van der Waals surface area contributed by atoms with E-state index in [1.807, 2.05) is 37.4 Å². The first-order valence-corrected chi connectivity index (χ1v) is 10.8. The molecule has 0 fully saturated rings. The molecule has 2 aromatic carbocycles. The predicted molar refractivity (Wildman–Crippen MR) is 122 cm³/mol. The molecule has 0 bridgehead atoms. The number of aromatic nitrogens is 4. The highest BCUT2D eigenvalue weighted by Gasteiger charge is 2.20. The van der Waals surface area contributed by atoms with Gasteiger partial charge in [0, 0.05) is 36.9 Å². The van der Waals surface area contributed by atoms with Gasteiger partial charge < -0.3 is 9.30 Å². The SMILES string of the molecule is Cn1ccn2c(=O)c(OCc3ccccc3)c(-c3ncc(Cc4ccc(F)cc4)s3)nc12. The molecule has 3 heterocycles. The summed E-state index contributed by atoms with van der Waals surface area (Å²) in [5.41, 5.74) is 2.07. The van der Waals surface area contributed by atoms with Crippen LogP contribution in [0.5, 0.6) is 5.75 Å². The topological polar surface area (TPSA) is 61.4 Å². The summed E-state index contributed by atoms with van der Waals surface area (Å²) in [5.74, 6) is 0.409. The van der Waals surface area contributed by atoms with Crippen molar-refractivity contribution >= 4 is 17.1 Å². The number of halogens is 1. The zero-order valence-electron chi connectivity index (χ0n) is 17.2. The molecule has 0 N–H and O–H groups in total. The molecular weight excluding hydrogens is 427 g/mol. The largest absolute Gasteiger partial charge is 0.481 e. The van der Waals surface area contributed by atoms with E-state index >= 15 is 0 Å². The normalized spacial score (nSPS) is 11.2. The summed E-state index contributed by atoms with van der Waals surface area (Å²) in [6, 6.07) is 16.1. The highest BCUT2D eigenvalue weighted by Crippen LogP contribution is 2.31. The lowest BCUT2D eigenvalue weighted by molar-refractivity contribution is 0.301. The Bertz CT molecular complexity index is 1440. The van der Waals surface area contributed by atoms with Crippen molar-refractivity contribution in [1.82, 2.24) is 18.9 Å². The fraction of sp³-hybridized carbons (Fsp3) is 0.125.